The maximum Gasteiger partial charge on any atom is 0.312 e. The van der Waals surface area contributed by atoms with Crippen LogP contribution in [0.25, 0.3) is 0 Å². The highest BCUT2D eigenvalue weighted by atomic mass is 16.6. The van der Waals surface area contributed by atoms with Crippen molar-refractivity contribution < 1.29 is 9.53 Å². The average Bonchev–Trinajstić information content (AvgIpc) is 2.51. The first-order valence-corrected chi connectivity index (χ1v) is 6.75. The molecule has 2 N–H and O–H groups in total. The molecule has 2 saturated carbocycles. The summed E-state index contributed by atoms with van der Waals surface area (Å²) in [5.41, 5.74) is 5.55. The van der Waals surface area contributed by atoms with Gasteiger partial charge in [-0.2, -0.15) is 0 Å². The molecule has 0 saturated heterocycles. The summed E-state index contributed by atoms with van der Waals surface area (Å²) in [6.45, 7) is 6.54. The van der Waals surface area contributed by atoms with Crippen molar-refractivity contribution in [1.29, 1.82) is 0 Å². The summed E-state index contributed by atoms with van der Waals surface area (Å²) < 4.78 is 5.61. The van der Waals surface area contributed by atoms with Crippen LogP contribution < -0.4 is 5.73 Å². The van der Waals surface area contributed by atoms with Crippen molar-refractivity contribution in [3.05, 3.63) is 0 Å². The van der Waals surface area contributed by atoms with Gasteiger partial charge in [-0.1, -0.05) is 6.42 Å². The predicted octanol–water partition coefficient (Wildman–Crippen LogP) is 2.63. The Kier molecular flexibility index (Phi) is 3.01. The van der Waals surface area contributed by atoms with E-state index in [0.717, 1.165) is 38.6 Å². The third-order valence-electron chi connectivity index (χ3n) is 4.47. The molecule has 0 heterocycles. The Morgan fingerprint density at radius 2 is 1.94 bits per heavy atom. The van der Waals surface area contributed by atoms with E-state index in [1.54, 1.807) is 0 Å². The molecule has 2 unspecified atom stereocenters. The van der Waals surface area contributed by atoms with E-state index in [-0.39, 0.29) is 22.4 Å². The van der Waals surface area contributed by atoms with Crippen LogP contribution in [0.3, 0.4) is 0 Å². The summed E-state index contributed by atoms with van der Waals surface area (Å²) in [5.74, 6) is 0.0139. The van der Waals surface area contributed by atoms with E-state index in [1.165, 1.54) is 6.42 Å². The zero-order valence-corrected chi connectivity index (χ0v) is 11.3. The molecule has 0 amide bonds. The first-order chi connectivity index (χ1) is 7.81. The van der Waals surface area contributed by atoms with E-state index in [2.05, 4.69) is 0 Å². The Hall–Kier alpha value is -0.570. The molecule has 0 aromatic rings. The molecule has 0 aromatic heterocycles. The van der Waals surface area contributed by atoms with Crippen LogP contribution in [0, 0.1) is 10.8 Å². The van der Waals surface area contributed by atoms with Crippen molar-refractivity contribution in [3.63, 3.8) is 0 Å². The molecule has 3 heteroatoms. The maximum atomic E-state index is 12.4. The molecule has 2 aliphatic rings. The van der Waals surface area contributed by atoms with Gasteiger partial charge in [0.15, 0.2) is 0 Å². The average molecular weight is 239 g/mol. The van der Waals surface area contributed by atoms with Crippen LogP contribution in [0.1, 0.15) is 59.3 Å². The Labute approximate surface area is 104 Å². The fraction of sp³-hybridized carbons (Fsp3) is 0.929. The van der Waals surface area contributed by atoms with Crippen molar-refractivity contribution in [2.75, 3.05) is 6.54 Å². The Bertz CT molecular complexity index is 321. The lowest BCUT2D eigenvalue weighted by atomic mass is 9.69. The lowest BCUT2D eigenvalue weighted by Gasteiger charge is -2.38. The quantitative estimate of drug-likeness (QED) is 0.754. The second-order valence-electron chi connectivity index (χ2n) is 7.02. The number of hydrogen-bond acceptors (Lipinski definition) is 3. The van der Waals surface area contributed by atoms with Crippen molar-refractivity contribution in [2.45, 2.75) is 64.9 Å². The number of rotatable bonds is 2. The molecule has 0 spiro atoms. The monoisotopic (exact) mass is 239 g/mol. The molecule has 17 heavy (non-hydrogen) atoms. The number of carbonyl (C=O) groups is 1. The summed E-state index contributed by atoms with van der Waals surface area (Å²) in [7, 11) is 0. The van der Waals surface area contributed by atoms with Gasteiger partial charge in [0.25, 0.3) is 0 Å². The second kappa shape index (κ2) is 3.98. The van der Waals surface area contributed by atoms with Gasteiger partial charge in [0.2, 0.25) is 0 Å². The van der Waals surface area contributed by atoms with Gasteiger partial charge in [0.1, 0.15) is 5.60 Å². The molecule has 3 nitrogen and oxygen atoms in total. The Morgan fingerprint density at radius 1 is 1.24 bits per heavy atom. The first kappa shape index (κ1) is 12.9. The lowest BCUT2D eigenvalue weighted by molar-refractivity contribution is -0.169. The highest BCUT2D eigenvalue weighted by Crippen LogP contribution is 2.58. The highest BCUT2D eigenvalue weighted by Gasteiger charge is 2.55. The van der Waals surface area contributed by atoms with Crippen molar-refractivity contribution in [3.8, 4) is 0 Å². The minimum atomic E-state index is -0.378. The number of nitrogens with two attached hydrogens (primary N) is 1. The highest BCUT2D eigenvalue weighted by molar-refractivity contribution is 5.78. The van der Waals surface area contributed by atoms with E-state index in [4.69, 9.17) is 10.5 Å². The van der Waals surface area contributed by atoms with Crippen LogP contribution in [0.5, 0.6) is 0 Å². The van der Waals surface area contributed by atoms with E-state index in [9.17, 15) is 4.79 Å². The largest absolute Gasteiger partial charge is 0.460 e. The molecule has 2 rings (SSSR count). The summed E-state index contributed by atoms with van der Waals surface area (Å²) >= 11 is 0. The van der Waals surface area contributed by atoms with Gasteiger partial charge in [0.05, 0.1) is 5.41 Å². The van der Waals surface area contributed by atoms with E-state index in [0.29, 0.717) is 0 Å². The topological polar surface area (TPSA) is 52.3 Å². The molecule has 0 aliphatic heterocycles. The zero-order valence-electron chi connectivity index (χ0n) is 11.3. The van der Waals surface area contributed by atoms with Gasteiger partial charge in [-0.05, 0) is 64.8 Å². The fourth-order valence-electron chi connectivity index (χ4n) is 3.57. The van der Waals surface area contributed by atoms with Crippen LogP contribution in [-0.2, 0) is 9.53 Å². The van der Waals surface area contributed by atoms with Crippen LogP contribution in [0.2, 0.25) is 0 Å². The lowest BCUT2D eigenvalue weighted by Crippen LogP contribution is -2.41. The van der Waals surface area contributed by atoms with Crippen molar-refractivity contribution in [2.24, 2.45) is 16.6 Å². The smallest absolute Gasteiger partial charge is 0.312 e. The molecular formula is C14H25NO2. The number of hydrogen-bond donors (Lipinski definition) is 1. The summed E-state index contributed by atoms with van der Waals surface area (Å²) in [4.78, 5) is 12.4. The Balaban J connectivity index is 2.13. The molecule has 0 aromatic carbocycles. The van der Waals surface area contributed by atoms with Crippen LogP contribution in [0.15, 0.2) is 0 Å². The Morgan fingerprint density at radius 3 is 2.53 bits per heavy atom. The third-order valence-corrected chi connectivity index (χ3v) is 4.47. The first-order valence-electron chi connectivity index (χ1n) is 6.75. The SMILES string of the molecule is CC(C)(C)OC(=O)C12CCCC(CN)(CC1)C2. The van der Waals surface area contributed by atoms with Crippen molar-refractivity contribution in [1.82, 2.24) is 0 Å². The van der Waals surface area contributed by atoms with E-state index in [1.807, 2.05) is 20.8 Å². The van der Waals surface area contributed by atoms with Crippen LogP contribution >= 0.6 is 0 Å². The standard InChI is InChI=1S/C14H25NO2/c1-12(2,3)17-11(16)14-6-4-5-13(9-14,10-15)7-8-14/h4-10,15H2,1-3H3. The van der Waals surface area contributed by atoms with Crippen LogP contribution in [-0.4, -0.2) is 18.1 Å². The second-order valence-corrected chi connectivity index (χ2v) is 7.02. The number of ether oxygens (including phenoxy) is 1. The number of esters is 1. The van der Waals surface area contributed by atoms with Gasteiger partial charge >= 0.3 is 5.97 Å². The van der Waals surface area contributed by atoms with Gasteiger partial charge < -0.3 is 10.5 Å². The van der Waals surface area contributed by atoms with Gasteiger partial charge in [-0.15, -0.1) is 0 Å². The summed E-state index contributed by atoms with van der Waals surface area (Å²) in [6, 6.07) is 0. The minimum Gasteiger partial charge on any atom is -0.460 e. The molecule has 2 bridgehead atoms. The molecule has 2 atom stereocenters. The molecule has 98 valence electrons. The van der Waals surface area contributed by atoms with Gasteiger partial charge in [-0.3, -0.25) is 4.79 Å². The van der Waals surface area contributed by atoms with E-state index >= 15 is 0 Å². The van der Waals surface area contributed by atoms with Gasteiger partial charge in [0, 0.05) is 0 Å². The normalized spacial score (nSPS) is 36.9. The van der Waals surface area contributed by atoms with E-state index < -0.39 is 0 Å². The fourth-order valence-corrected chi connectivity index (χ4v) is 3.57. The molecular weight excluding hydrogens is 214 g/mol. The summed E-state index contributed by atoms with van der Waals surface area (Å²) in [5, 5.41) is 0. The third kappa shape index (κ3) is 2.35. The molecule has 0 radical (unpaired) electrons. The molecule has 2 fully saturated rings. The molecule has 2 aliphatic carbocycles. The van der Waals surface area contributed by atoms with Gasteiger partial charge in [-0.25, -0.2) is 0 Å². The van der Waals surface area contributed by atoms with Crippen molar-refractivity contribution >= 4 is 5.97 Å². The number of fused-ring (bicyclic) bond motifs is 2. The summed E-state index contributed by atoms with van der Waals surface area (Å²) in [6.07, 6.45) is 6.32. The number of carbonyl (C=O) groups excluding carboxylic acids is 1. The predicted molar refractivity (Wildman–Crippen MR) is 67.5 cm³/mol. The maximum absolute atomic E-state index is 12.4. The minimum absolute atomic E-state index is 0.0139. The van der Waals surface area contributed by atoms with Crippen LogP contribution in [0.4, 0.5) is 0 Å². The zero-order chi connectivity index (χ0) is 12.7.